The first-order valence-corrected chi connectivity index (χ1v) is 7.79. The average molecular weight is 360 g/mol. The predicted molar refractivity (Wildman–Crippen MR) is 80.7 cm³/mol. The molecule has 1 fully saturated rings. The number of carbonyl (C=O) groups is 1. The minimum absolute atomic E-state index is 0.0181. The molecule has 1 N–H and O–H groups in total. The first kappa shape index (κ1) is 16.4. The van der Waals surface area contributed by atoms with Crippen LogP contribution in [0.15, 0.2) is 22.7 Å². The summed E-state index contributed by atoms with van der Waals surface area (Å²) in [6.07, 6.45) is 1.66. The molecule has 1 unspecified atom stereocenters. The number of nitrogens with zero attached hydrogens (tertiary/aromatic N) is 1. The molecule has 1 aliphatic heterocycles. The number of aliphatic carboxylic acids is 1. The molecule has 0 radical (unpaired) electrons. The summed E-state index contributed by atoms with van der Waals surface area (Å²) in [6, 6.07) is 5.28. The number of hydrogen-bond acceptors (Lipinski definition) is 3. The Morgan fingerprint density at radius 2 is 2.19 bits per heavy atom. The van der Waals surface area contributed by atoms with Gasteiger partial charge in [-0.05, 0) is 53.4 Å². The van der Waals surface area contributed by atoms with Gasteiger partial charge in [0.05, 0.1) is 10.6 Å². The van der Waals surface area contributed by atoms with E-state index in [0.29, 0.717) is 4.47 Å². The number of benzene rings is 1. The summed E-state index contributed by atoms with van der Waals surface area (Å²) in [5.74, 6) is -1.19. The van der Waals surface area contributed by atoms with Crippen molar-refractivity contribution in [2.45, 2.75) is 31.9 Å². The normalized spacial score (nSPS) is 18.6. The van der Waals surface area contributed by atoms with Gasteiger partial charge in [-0.1, -0.05) is 6.07 Å². The largest absolute Gasteiger partial charge is 0.480 e. The van der Waals surface area contributed by atoms with Crippen molar-refractivity contribution in [2.24, 2.45) is 0 Å². The van der Waals surface area contributed by atoms with E-state index in [1.54, 1.807) is 6.07 Å². The summed E-state index contributed by atoms with van der Waals surface area (Å²) >= 11 is 3.21. The number of carboxylic acids is 1. The van der Waals surface area contributed by atoms with Crippen molar-refractivity contribution in [1.29, 1.82) is 0 Å². The zero-order chi connectivity index (χ0) is 15.4. The maximum Gasteiger partial charge on any atom is 0.329 e. The van der Waals surface area contributed by atoms with Gasteiger partial charge in [0.1, 0.15) is 12.4 Å². The molecule has 0 spiro atoms. The second-order valence-electron chi connectivity index (χ2n) is 5.29. The Morgan fingerprint density at radius 1 is 1.52 bits per heavy atom. The smallest absolute Gasteiger partial charge is 0.329 e. The van der Waals surface area contributed by atoms with Crippen LogP contribution < -0.4 is 0 Å². The molecule has 1 atom stereocenters. The van der Waals surface area contributed by atoms with Gasteiger partial charge in [0.15, 0.2) is 0 Å². The zero-order valence-corrected chi connectivity index (χ0v) is 13.5. The van der Waals surface area contributed by atoms with E-state index in [9.17, 15) is 9.18 Å². The summed E-state index contributed by atoms with van der Waals surface area (Å²) in [4.78, 5) is 12.8. The van der Waals surface area contributed by atoms with Crippen LogP contribution >= 0.6 is 15.9 Å². The Morgan fingerprint density at radius 3 is 2.76 bits per heavy atom. The average Bonchev–Trinajstić information content (AvgIpc) is 2.48. The fourth-order valence-corrected chi connectivity index (χ4v) is 3.00. The number of halogens is 2. The number of piperidine rings is 1. The Kier molecular flexibility index (Phi) is 5.72. The maximum absolute atomic E-state index is 13.3. The van der Waals surface area contributed by atoms with Gasteiger partial charge in [0.25, 0.3) is 0 Å². The van der Waals surface area contributed by atoms with Crippen LogP contribution in [0, 0.1) is 5.82 Å². The summed E-state index contributed by atoms with van der Waals surface area (Å²) in [5, 5.41) is 8.61. The highest BCUT2D eigenvalue weighted by molar-refractivity contribution is 9.10. The van der Waals surface area contributed by atoms with Crippen LogP contribution in [0.5, 0.6) is 0 Å². The molecular weight excluding hydrogens is 341 g/mol. The van der Waals surface area contributed by atoms with Crippen molar-refractivity contribution < 1.29 is 19.0 Å². The molecule has 21 heavy (non-hydrogen) atoms. The quantitative estimate of drug-likeness (QED) is 0.876. The van der Waals surface area contributed by atoms with Gasteiger partial charge in [-0.25, -0.2) is 9.18 Å². The van der Waals surface area contributed by atoms with Gasteiger partial charge in [0.2, 0.25) is 0 Å². The first-order valence-electron chi connectivity index (χ1n) is 6.99. The fraction of sp³-hybridized carbons (Fsp3) is 0.533. The van der Waals surface area contributed by atoms with E-state index < -0.39 is 5.97 Å². The summed E-state index contributed by atoms with van der Waals surface area (Å²) in [6.45, 7) is 3.56. The SMILES string of the molecule is CC(c1ccc(F)c(Br)c1)N1CCC(OCC(=O)O)CC1. The molecule has 1 saturated heterocycles. The van der Waals surface area contributed by atoms with Crippen LogP contribution in [-0.4, -0.2) is 41.8 Å². The third-order valence-electron chi connectivity index (χ3n) is 3.89. The molecule has 1 aliphatic rings. The lowest BCUT2D eigenvalue weighted by atomic mass is 10.0. The predicted octanol–water partition coefficient (Wildman–Crippen LogP) is 3.21. The summed E-state index contributed by atoms with van der Waals surface area (Å²) in [7, 11) is 0. The minimum atomic E-state index is -0.929. The number of rotatable bonds is 5. The molecule has 116 valence electrons. The molecule has 1 aromatic carbocycles. The lowest BCUT2D eigenvalue weighted by Crippen LogP contribution is -2.39. The van der Waals surface area contributed by atoms with Crippen molar-refractivity contribution in [3.05, 3.63) is 34.1 Å². The first-order chi connectivity index (χ1) is 9.97. The number of hydrogen-bond donors (Lipinski definition) is 1. The topological polar surface area (TPSA) is 49.8 Å². The highest BCUT2D eigenvalue weighted by Crippen LogP contribution is 2.28. The fourth-order valence-electron chi connectivity index (χ4n) is 2.60. The van der Waals surface area contributed by atoms with Crippen LogP contribution in [0.4, 0.5) is 4.39 Å². The molecule has 2 rings (SSSR count). The third-order valence-corrected chi connectivity index (χ3v) is 4.50. The zero-order valence-electron chi connectivity index (χ0n) is 11.9. The van der Waals surface area contributed by atoms with Gasteiger partial charge < -0.3 is 9.84 Å². The van der Waals surface area contributed by atoms with Gasteiger partial charge in [0, 0.05) is 19.1 Å². The highest BCUT2D eigenvalue weighted by Gasteiger charge is 2.24. The number of likely N-dealkylation sites (tertiary alicyclic amines) is 1. The number of ether oxygens (including phenoxy) is 1. The molecule has 1 aromatic rings. The monoisotopic (exact) mass is 359 g/mol. The van der Waals surface area contributed by atoms with Crippen LogP contribution in [-0.2, 0) is 9.53 Å². The van der Waals surface area contributed by atoms with E-state index in [0.717, 1.165) is 31.5 Å². The van der Waals surface area contributed by atoms with E-state index in [-0.39, 0.29) is 24.6 Å². The van der Waals surface area contributed by atoms with Gasteiger partial charge in [-0.15, -0.1) is 0 Å². The lowest BCUT2D eigenvalue weighted by Gasteiger charge is -2.36. The lowest BCUT2D eigenvalue weighted by molar-refractivity contribution is -0.145. The molecule has 4 nitrogen and oxygen atoms in total. The van der Waals surface area contributed by atoms with E-state index >= 15 is 0 Å². The third kappa shape index (κ3) is 4.49. The van der Waals surface area contributed by atoms with Crippen molar-refractivity contribution in [2.75, 3.05) is 19.7 Å². The van der Waals surface area contributed by atoms with Crippen molar-refractivity contribution in [1.82, 2.24) is 4.90 Å². The van der Waals surface area contributed by atoms with Crippen molar-refractivity contribution in [3.8, 4) is 0 Å². The standard InChI is InChI=1S/C15H19BrFNO3/c1-10(11-2-3-14(17)13(16)8-11)18-6-4-12(5-7-18)21-9-15(19)20/h2-3,8,10,12H,4-7,9H2,1H3,(H,19,20). The molecule has 0 aromatic heterocycles. The Balaban J connectivity index is 1.89. The number of carboxylic acid groups (broad SMARTS) is 1. The summed E-state index contributed by atoms with van der Waals surface area (Å²) in [5.41, 5.74) is 1.06. The van der Waals surface area contributed by atoms with Gasteiger partial charge in [-0.2, -0.15) is 0 Å². The van der Waals surface area contributed by atoms with E-state index in [1.165, 1.54) is 6.07 Å². The molecular formula is C15H19BrFNO3. The van der Waals surface area contributed by atoms with Crippen molar-refractivity contribution in [3.63, 3.8) is 0 Å². The van der Waals surface area contributed by atoms with Crippen molar-refractivity contribution >= 4 is 21.9 Å². The Hall–Kier alpha value is -0.980. The van der Waals surface area contributed by atoms with Gasteiger partial charge >= 0.3 is 5.97 Å². The second-order valence-corrected chi connectivity index (χ2v) is 6.14. The van der Waals surface area contributed by atoms with Crippen LogP contribution in [0.3, 0.4) is 0 Å². The van der Waals surface area contributed by atoms with Gasteiger partial charge in [-0.3, -0.25) is 4.90 Å². The molecule has 0 saturated carbocycles. The highest BCUT2D eigenvalue weighted by atomic mass is 79.9. The Bertz CT molecular complexity index is 504. The molecule has 0 aliphatic carbocycles. The summed E-state index contributed by atoms with van der Waals surface area (Å²) < 4.78 is 19.1. The van der Waals surface area contributed by atoms with Crippen LogP contribution in [0.1, 0.15) is 31.4 Å². The Labute approximate surface area is 132 Å². The second kappa shape index (κ2) is 7.33. The van der Waals surface area contributed by atoms with E-state index in [2.05, 4.69) is 27.8 Å². The molecule has 0 bridgehead atoms. The molecule has 6 heteroatoms. The maximum atomic E-state index is 13.3. The van der Waals surface area contributed by atoms with Crippen LogP contribution in [0.2, 0.25) is 0 Å². The molecule has 0 amide bonds. The van der Waals surface area contributed by atoms with Crippen LogP contribution in [0.25, 0.3) is 0 Å². The van der Waals surface area contributed by atoms with E-state index in [1.807, 2.05) is 6.07 Å². The molecule has 1 heterocycles. The van der Waals surface area contributed by atoms with E-state index in [4.69, 9.17) is 9.84 Å². The minimum Gasteiger partial charge on any atom is -0.480 e.